The van der Waals surface area contributed by atoms with Crippen LogP contribution in [0, 0.1) is 0 Å². The van der Waals surface area contributed by atoms with E-state index in [1.54, 1.807) is 0 Å². The zero-order valence-electron chi connectivity index (χ0n) is 12.4. The Hall–Kier alpha value is -0.860. The lowest BCUT2D eigenvalue weighted by atomic mass is 10.0. The van der Waals surface area contributed by atoms with E-state index in [2.05, 4.69) is 48.7 Å². The standard InChI is InChI=1S/C17H28N2/c1-14(2)16-8-6-15(7-9-16)10-12-18-13-17-5-3-4-11-19-17/h6-9,14,17-19H,3-5,10-13H2,1-2H3. The van der Waals surface area contributed by atoms with Crippen molar-refractivity contribution in [3.05, 3.63) is 35.4 Å². The monoisotopic (exact) mass is 260 g/mol. The zero-order valence-corrected chi connectivity index (χ0v) is 12.4. The summed E-state index contributed by atoms with van der Waals surface area (Å²) in [5.74, 6) is 0.629. The minimum Gasteiger partial charge on any atom is -0.315 e. The maximum absolute atomic E-state index is 3.58. The van der Waals surface area contributed by atoms with E-state index in [4.69, 9.17) is 0 Å². The minimum atomic E-state index is 0.629. The Morgan fingerprint density at radius 2 is 2.00 bits per heavy atom. The van der Waals surface area contributed by atoms with Crippen molar-refractivity contribution in [1.82, 2.24) is 10.6 Å². The Morgan fingerprint density at radius 1 is 1.21 bits per heavy atom. The molecule has 0 amide bonds. The molecule has 1 aromatic carbocycles. The minimum absolute atomic E-state index is 0.629. The van der Waals surface area contributed by atoms with Crippen LogP contribution in [-0.4, -0.2) is 25.7 Å². The van der Waals surface area contributed by atoms with Crippen molar-refractivity contribution < 1.29 is 0 Å². The van der Waals surface area contributed by atoms with Crippen molar-refractivity contribution in [2.24, 2.45) is 0 Å². The summed E-state index contributed by atoms with van der Waals surface area (Å²) in [7, 11) is 0. The van der Waals surface area contributed by atoms with Crippen LogP contribution in [-0.2, 0) is 6.42 Å². The van der Waals surface area contributed by atoms with E-state index >= 15 is 0 Å². The predicted octanol–water partition coefficient (Wildman–Crippen LogP) is 3.08. The number of rotatable bonds is 6. The fourth-order valence-corrected chi connectivity index (χ4v) is 2.68. The van der Waals surface area contributed by atoms with Crippen LogP contribution in [0.15, 0.2) is 24.3 Å². The van der Waals surface area contributed by atoms with Gasteiger partial charge in [-0.3, -0.25) is 0 Å². The van der Waals surface area contributed by atoms with Crippen LogP contribution in [0.5, 0.6) is 0 Å². The first-order chi connectivity index (χ1) is 9.25. The smallest absolute Gasteiger partial charge is 0.0192 e. The molecule has 0 saturated carbocycles. The first kappa shape index (κ1) is 14.5. The van der Waals surface area contributed by atoms with Crippen LogP contribution in [0.1, 0.15) is 50.2 Å². The van der Waals surface area contributed by atoms with Crippen LogP contribution in [0.4, 0.5) is 0 Å². The number of piperidine rings is 1. The zero-order chi connectivity index (χ0) is 13.5. The van der Waals surface area contributed by atoms with Gasteiger partial charge in [-0.05, 0) is 49.4 Å². The molecule has 19 heavy (non-hydrogen) atoms. The summed E-state index contributed by atoms with van der Waals surface area (Å²) in [4.78, 5) is 0. The molecule has 1 atom stereocenters. The summed E-state index contributed by atoms with van der Waals surface area (Å²) >= 11 is 0. The third kappa shape index (κ3) is 4.96. The van der Waals surface area contributed by atoms with E-state index < -0.39 is 0 Å². The number of hydrogen-bond acceptors (Lipinski definition) is 2. The van der Waals surface area contributed by atoms with Crippen LogP contribution in [0.25, 0.3) is 0 Å². The molecule has 2 heteroatoms. The second-order valence-electron chi connectivity index (χ2n) is 6.00. The van der Waals surface area contributed by atoms with Gasteiger partial charge in [-0.1, -0.05) is 44.5 Å². The second-order valence-corrected chi connectivity index (χ2v) is 6.00. The number of benzene rings is 1. The Balaban J connectivity index is 1.64. The van der Waals surface area contributed by atoms with Gasteiger partial charge in [0, 0.05) is 12.6 Å². The molecular weight excluding hydrogens is 232 g/mol. The lowest BCUT2D eigenvalue weighted by Crippen LogP contribution is -2.42. The van der Waals surface area contributed by atoms with Gasteiger partial charge in [-0.25, -0.2) is 0 Å². The highest BCUT2D eigenvalue weighted by molar-refractivity contribution is 5.24. The van der Waals surface area contributed by atoms with Gasteiger partial charge in [0.2, 0.25) is 0 Å². The fourth-order valence-electron chi connectivity index (χ4n) is 2.68. The van der Waals surface area contributed by atoms with E-state index in [0.717, 1.165) is 19.5 Å². The fraction of sp³-hybridized carbons (Fsp3) is 0.647. The van der Waals surface area contributed by atoms with Crippen molar-refractivity contribution in [3.8, 4) is 0 Å². The summed E-state index contributed by atoms with van der Waals surface area (Å²) in [6.07, 6.45) is 5.19. The molecular formula is C17H28N2. The molecule has 1 heterocycles. The van der Waals surface area contributed by atoms with Gasteiger partial charge in [-0.2, -0.15) is 0 Å². The van der Waals surface area contributed by atoms with E-state index in [1.165, 1.54) is 36.9 Å². The average Bonchev–Trinajstić information content (AvgIpc) is 2.45. The summed E-state index contributed by atoms with van der Waals surface area (Å²) < 4.78 is 0. The first-order valence-electron chi connectivity index (χ1n) is 7.78. The molecule has 1 aliphatic rings. The second kappa shape index (κ2) is 7.66. The highest BCUT2D eigenvalue weighted by Crippen LogP contribution is 2.14. The van der Waals surface area contributed by atoms with Gasteiger partial charge in [0.05, 0.1) is 0 Å². The molecule has 0 aliphatic carbocycles. The van der Waals surface area contributed by atoms with Gasteiger partial charge in [0.15, 0.2) is 0 Å². The van der Waals surface area contributed by atoms with Crippen molar-refractivity contribution >= 4 is 0 Å². The molecule has 106 valence electrons. The Kier molecular flexibility index (Phi) is 5.87. The summed E-state index contributed by atoms with van der Waals surface area (Å²) in [6, 6.07) is 9.77. The molecule has 1 aromatic rings. The summed E-state index contributed by atoms with van der Waals surface area (Å²) in [5, 5.41) is 7.15. The Labute approximate surface area is 118 Å². The maximum Gasteiger partial charge on any atom is 0.0192 e. The van der Waals surface area contributed by atoms with Crippen LogP contribution in [0.3, 0.4) is 0 Å². The summed E-state index contributed by atoms with van der Waals surface area (Å²) in [6.45, 7) is 7.88. The Bertz CT molecular complexity index is 350. The Morgan fingerprint density at radius 3 is 2.63 bits per heavy atom. The number of nitrogens with one attached hydrogen (secondary N) is 2. The van der Waals surface area contributed by atoms with Crippen molar-refractivity contribution in [2.45, 2.75) is 51.5 Å². The molecule has 2 rings (SSSR count). The van der Waals surface area contributed by atoms with E-state index in [1.807, 2.05) is 0 Å². The van der Waals surface area contributed by atoms with Crippen molar-refractivity contribution in [1.29, 1.82) is 0 Å². The highest BCUT2D eigenvalue weighted by Gasteiger charge is 2.11. The number of hydrogen-bond donors (Lipinski definition) is 2. The molecule has 0 bridgehead atoms. The molecule has 1 unspecified atom stereocenters. The lowest BCUT2D eigenvalue weighted by Gasteiger charge is -2.23. The normalized spacial score (nSPS) is 19.8. The molecule has 1 fully saturated rings. The first-order valence-corrected chi connectivity index (χ1v) is 7.78. The van der Waals surface area contributed by atoms with E-state index in [9.17, 15) is 0 Å². The molecule has 1 saturated heterocycles. The quantitative estimate of drug-likeness (QED) is 0.768. The van der Waals surface area contributed by atoms with E-state index in [-0.39, 0.29) is 0 Å². The molecule has 1 aliphatic heterocycles. The largest absolute Gasteiger partial charge is 0.315 e. The molecule has 2 nitrogen and oxygen atoms in total. The molecule has 0 radical (unpaired) electrons. The van der Waals surface area contributed by atoms with Gasteiger partial charge >= 0.3 is 0 Å². The summed E-state index contributed by atoms with van der Waals surface area (Å²) in [5.41, 5.74) is 2.87. The van der Waals surface area contributed by atoms with Crippen molar-refractivity contribution in [3.63, 3.8) is 0 Å². The third-order valence-electron chi connectivity index (χ3n) is 4.04. The average molecular weight is 260 g/mol. The van der Waals surface area contributed by atoms with Crippen LogP contribution < -0.4 is 10.6 Å². The van der Waals surface area contributed by atoms with Crippen molar-refractivity contribution in [2.75, 3.05) is 19.6 Å². The molecule has 0 aromatic heterocycles. The highest BCUT2D eigenvalue weighted by atomic mass is 15.0. The van der Waals surface area contributed by atoms with Gasteiger partial charge in [-0.15, -0.1) is 0 Å². The topological polar surface area (TPSA) is 24.1 Å². The SMILES string of the molecule is CC(C)c1ccc(CCNCC2CCCCN2)cc1. The molecule has 0 spiro atoms. The van der Waals surface area contributed by atoms with E-state index in [0.29, 0.717) is 12.0 Å². The van der Waals surface area contributed by atoms with Crippen LogP contribution in [0.2, 0.25) is 0 Å². The predicted molar refractivity (Wildman–Crippen MR) is 82.7 cm³/mol. The van der Waals surface area contributed by atoms with Crippen LogP contribution >= 0.6 is 0 Å². The molecule has 2 N–H and O–H groups in total. The van der Waals surface area contributed by atoms with Gasteiger partial charge in [0.25, 0.3) is 0 Å². The lowest BCUT2D eigenvalue weighted by molar-refractivity contribution is 0.384. The van der Waals surface area contributed by atoms with Gasteiger partial charge < -0.3 is 10.6 Å². The maximum atomic E-state index is 3.58. The third-order valence-corrected chi connectivity index (χ3v) is 4.04. The van der Waals surface area contributed by atoms with Gasteiger partial charge in [0.1, 0.15) is 0 Å².